The number of ether oxygens (including phenoxy) is 1. The molecule has 1 saturated heterocycles. The molecule has 0 aromatic heterocycles. The minimum atomic E-state index is -0.258. The van der Waals surface area contributed by atoms with Gasteiger partial charge >= 0.3 is 0 Å². The molecule has 1 amide bonds. The Bertz CT molecular complexity index is 744. The van der Waals surface area contributed by atoms with Gasteiger partial charge in [0.05, 0.1) is 38.9 Å². The average Bonchev–Trinajstić information content (AvgIpc) is 2.63. The molecule has 0 unspecified atom stereocenters. The van der Waals surface area contributed by atoms with E-state index in [4.69, 9.17) is 16.3 Å². The molecule has 6 heteroatoms. The Labute approximate surface area is 151 Å². The number of piperazine rings is 1. The molecule has 1 N–H and O–H groups in total. The minimum absolute atomic E-state index is 0.0269. The topological polar surface area (TPSA) is 34.0 Å². The van der Waals surface area contributed by atoms with Crippen molar-refractivity contribution in [3.05, 3.63) is 64.4 Å². The molecule has 2 aromatic carbocycles. The third-order valence-corrected chi connectivity index (χ3v) is 4.78. The van der Waals surface area contributed by atoms with E-state index in [1.165, 1.54) is 17.0 Å². The van der Waals surface area contributed by atoms with Crippen LogP contribution in [0.4, 0.5) is 4.39 Å². The Morgan fingerprint density at radius 3 is 2.52 bits per heavy atom. The summed E-state index contributed by atoms with van der Waals surface area (Å²) in [6.45, 7) is 3.67. The zero-order valence-corrected chi connectivity index (χ0v) is 14.9. The van der Waals surface area contributed by atoms with Crippen molar-refractivity contribution in [1.82, 2.24) is 4.90 Å². The van der Waals surface area contributed by atoms with Gasteiger partial charge in [-0.3, -0.25) is 4.79 Å². The normalized spacial score (nSPS) is 15.2. The van der Waals surface area contributed by atoms with Crippen LogP contribution >= 0.6 is 11.6 Å². The molecule has 0 spiro atoms. The minimum Gasteiger partial charge on any atom is -0.496 e. The van der Waals surface area contributed by atoms with Crippen molar-refractivity contribution >= 4 is 17.5 Å². The molecule has 4 nitrogen and oxygen atoms in total. The van der Waals surface area contributed by atoms with E-state index in [0.717, 1.165) is 18.7 Å². The smallest absolute Gasteiger partial charge is 0.254 e. The number of nitrogens with one attached hydrogen (secondary N) is 1. The van der Waals surface area contributed by atoms with Gasteiger partial charge in [-0.2, -0.15) is 0 Å². The third-order valence-electron chi connectivity index (χ3n) is 4.53. The summed E-state index contributed by atoms with van der Waals surface area (Å²) in [4.78, 5) is 15.7. The number of hydrogen-bond acceptors (Lipinski definition) is 2. The van der Waals surface area contributed by atoms with Crippen LogP contribution in [0.3, 0.4) is 0 Å². The first-order chi connectivity index (χ1) is 12.1. The molecule has 0 aliphatic carbocycles. The molecule has 1 fully saturated rings. The molecule has 3 rings (SSSR count). The lowest BCUT2D eigenvalue weighted by Crippen LogP contribution is -3.13. The third kappa shape index (κ3) is 4.30. The summed E-state index contributed by atoms with van der Waals surface area (Å²) < 4.78 is 18.8. The maximum absolute atomic E-state index is 13.5. The van der Waals surface area contributed by atoms with E-state index in [2.05, 4.69) is 0 Å². The summed E-state index contributed by atoms with van der Waals surface area (Å²) in [5.74, 6) is 0.472. The quantitative estimate of drug-likeness (QED) is 0.902. The van der Waals surface area contributed by atoms with Crippen molar-refractivity contribution in [2.45, 2.75) is 6.54 Å². The fraction of sp³-hybridized carbons (Fsp3) is 0.316. The van der Waals surface area contributed by atoms with Crippen LogP contribution in [0.15, 0.2) is 42.5 Å². The fourth-order valence-corrected chi connectivity index (χ4v) is 3.26. The van der Waals surface area contributed by atoms with Crippen LogP contribution in [-0.2, 0) is 6.54 Å². The molecule has 1 heterocycles. The van der Waals surface area contributed by atoms with Crippen LogP contribution in [0.25, 0.3) is 0 Å². The first kappa shape index (κ1) is 17.7. The Morgan fingerprint density at radius 2 is 1.88 bits per heavy atom. The monoisotopic (exact) mass is 363 g/mol. The molecule has 1 aliphatic heterocycles. The molecule has 2 aromatic rings. The molecule has 0 saturated carbocycles. The van der Waals surface area contributed by atoms with Gasteiger partial charge in [0.1, 0.15) is 18.1 Å². The summed E-state index contributed by atoms with van der Waals surface area (Å²) in [7, 11) is 1.59. The Hall–Kier alpha value is -2.11. The lowest BCUT2D eigenvalue weighted by Gasteiger charge is -2.32. The van der Waals surface area contributed by atoms with E-state index in [1.54, 1.807) is 37.4 Å². The summed E-state index contributed by atoms with van der Waals surface area (Å²) in [5.41, 5.74) is 1.51. The maximum Gasteiger partial charge on any atom is 0.254 e. The predicted molar refractivity (Wildman–Crippen MR) is 94.7 cm³/mol. The van der Waals surface area contributed by atoms with Gasteiger partial charge in [-0.15, -0.1) is 0 Å². The van der Waals surface area contributed by atoms with Gasteiger partial charge < -0.3 is 14.5 Å². The largest absolute Gasteiger partial charge is 0.496 e. The molecule has 25 heavy (non-hydrogen) atoms. The molecular formula is C19H21ClFN2O2+. The van der Waals surface area contributed by atoms with E-state index in [1.807, 2.05) is 4.90 Å². The van der Waals surface area contributed by atoms with Crippen molar-refractivity contribution in [3.8, 4) is 5.75 Å². The van der Waals surface area contributed by atoms with Crippen LogP contribution in [0.2, 0.25) is 5.02 Å². The highest BCUT2D eigenvalue weighted by Gasteiger charge is 2.25. The summed E-state index contributed by atoms with van der Waals surface area (Å²) in [6.07, 6.45) is 0. The molecule has 1 aliphatic rings. The van der Waals surface area contributed by atoms with Crippen LogP contribution in [0, 0.1) is 5.82 Å². The number of amides is 1. The van der Waals surface area contributed by atoms with Crippen LogP contribution in [0.1, 0.15) is 15.9 Å². The second-order valence-electron chi connectivity index (χ2n) is 6.18. The van der Waals surface area contributed by atoms with Crippen LogP contribution in [0.5, 0.6) is 5.75 Å². The number of nitrogens with zero attached hydrogens (tertiary/aromatic N) is 1. The van der Waals surface area contributed by atoms with Crippen molar-refractivity contribution in [1.29, 1.82) is 0 Å². The first-order valence-corrected chi connectivity index (χ1v) is 8.65. The number of hydrogen-bond donors (Lipinski definition) is 1. The standard InChI is InChI=1S/C19H20ClFN2O2/c1-25-18-7-6-17(21)12-15(18)13-22-8-10-23(11-9-22)19(24)14-2-4-16(20)5-3-14/h2-7,12H,8-11,13H2,1H3/p+1. The van der Waals surface area contributed by atoms with Crippen molar-refractivity contribution in [3.63, 3.8) is 0 Å². The SMILES string of the molecule is COc1ccc(F)cc1C[NH+]1CCN(C(=O)c2ccc(Cl)cc2)CC1. The highest BCUT2D eigenvalue weighted by Crippen LogP contribution is 2.18. The number of rotatable bonds is 4. The summed E-state index contributed by atoms with van der Waals surface area (Å²) in [5, 5.41) is 0.620. The van der Waals surface area contributed by atoms with Gasteiger partial charge in [0.25, 0.3) is 5.91 Å². The van der Waals surface area contributed by atoms with Crippen molar-refractivity contribution < 1.29 is 18.8 Å². The average molecular weight is 364 g/mol. The van der Waals surface area contributed by atoms with Crippen molar-refractivity contribution in [2.24, 2.45) is 0 Å². The van der Waals surface area contributed by atoms with E-state index in [9.17, 15) is 9.18 Å². The summed E-state index contributed by atoms with van der Waals surface area (Å²) >= 11 is 5.87. The maximum atomic E-state index is 13.5. The second-order valence-corrected chi connectivity index (χ2v) is 6.62. The Kier molecular flexibility index (Phi) is 5.56. The zero-order valence-electron chi connectivity index (χ0n) is 14.1. The Balaban J connectivity index is 1.59. The van der Waals surface area contributed by atoms with E-state index >= 15 is 0 Å². The number of carbonyl (C=O) groups is 1. The van der Waals surface area contributed by atoms with Crippen molar-refractivity contribution in [2.75, 3.05) is 33.3 Å². The van der Waals surface area contributed by atoms with Crippen LogP contribution in [-0.4, -0.2) is 44.1 Å². The molecule has 0 bridgehead atoms. The lowest BCUT2D eigenvalue weighted by atomic mass is 10.1. The van der Waals surface area contributed by atoms with Gasteiger partial charge in [0, 0.05) is 10.6 Å². The fourth-order valence-electron chi connectivity index (χ4n) is 3.13. The van der Waals surface area contributed by atoms with Gasteiger partial charge in [-0.05, 0) is 42.5 Å². The van der Waals surface area contributed by atoms with Crippen LogP contribution < -0.4 is 9.64 Å². The molecule has 0 radical (unpaired) electrons. The number of methoxy groups -OCH3 is 1. The van der Waals surface area contributed by atoms with Gasteiger partial charge in [0.15, 0.2) is 0 Å². The van der Waals surface area contributed by atoms with Gasteiger partial charge in [-0.1, -0.05) is 11.6 Å². The highest BCUT2D eigenvalue weighted by atomic mass is 35.5. The van der Waals surface area contributed by atoms with E-state index < -0.39 is 0 Å². The Morgan fingerprint density at radius 1 is 1.20 bits per heavy atom. The lowest BCUT2D eigenvalue weighted by molar-refractivity contribution is -0.917. The first-order valence-electron chi connectivity index (χ1n) is 8.27. The summed E-state index contributed by atoms with van der Waals surface area (Å²) in [6, 6.07) is 11.5. The number of halogens is 2. The molecular weight excluding hydrogens is 343 g/mol. The van der Waals surface area contributed by atoms with Gasteiger partial charge in [0.2, 0.25) is 0 Å². The predicted octanol–water partition coefficient (Wildman–Crippen LogP) is 2.03. The number of benzene rings is 2. The number of carbonyl (C=O) groups excluding carboxylic acids is 1. The zero-order chi connectivity index (χ0) is 17.8. The van der Waals surface area contributed by atoms with E-state index in [-0.39, 0.29) is 11.7 Å². The number of quaternary nitrogens is 1. The van der Waals surface area contributed by atoms with E-state index in [0.29, 0.717) is 36.0 Å². The highest BCUT2D eigenvalue weighted by molar-refractivity contribution is 6.30. The molecule has 132 valence electrons. The van der Waals surface area contributed by atoms with Gasteiger partial charge in [-0.25, -0.2) is 4.39 Å². The second kappa shape index (κ2) is 7.85. The molecule has 0 atom stereocenters.